The largest absolute Gasteiger partial charge is 0.353 e. The van der Waals surface area contributed by atoms with Gasteiger partial charge < -0.3 is 11.1 Å². The normalized spacial score (nSPS) is 27.7. The van der Waals surface area contributed by atoms with Gasteiger partial charge in [-0.1, -0.05) is 0 Å². The van der Waals surface area contributed by atoms with Crippen molar-refractivity contribution in [3.05, 3.63) is 0 Å². The Morgan fingerprint density at radius 2 is 2.33 bits per heavy atom. The summed E-state index contributed by atoms with van der Waals surface area (Å²) in [5.41, 5.74) is 5.79. The molecule has 88 valence electrons. The molecule has 0 heterocycles. The van der Waals surface area contributed by atoms with Crippen LogP contribution in [0.4, 0.5) is 0 Å². The van der Waals surface area contributed by atoms with Crippen molar-refractivity contribution >= 4 is 17.7 Å². The maximum atomic E-state index is 11.8. The summed E-state index contributed by atoms with van der Waals surface area (Å²) in [6.45, 7) is 2.07. The van der Waals surface area contributed by atoms with Crippen molar-refractivity contribution in [3.8, 4) is 0 Å². The summed E-state index contributed by atoms with van der Waals surface area (Å²) in [4.78, 5) is 11.8. The number of thioether (sulfide) groups is 1. The molecule has 0 aromatic heterocycles. The number of carbonyl (C=O) groups excluding carboxylic acids is 1. The van der Waals surface area contributed by atoms with E-state index in [1.165, 1.54) is 0 Å². The lowest BCUT2D eigenvalue weighted by molar-refractivity contribution is -0.125. The Morgan fingerprint density at radius 3 is 2.87 bits per heavy atom. The van der Waals surface area contributed by atoms with Crippen LogP contribution in [0.2, 0.25) is 0 Å². The van der Waals surface area contributed by atoms with E-state index in [1.807, 2.05) is 11.8 Å². The zero-order valence-corrected chi connectivity index (χ0v) is 10.5. The van der Waals surface area contributed by atoms with Gasteiger partial charge >= 0.3 is 0 Å². The molecule has 0 aliphatic heterocycles. The van der Waals surface area contributed by atoms with Crippen molar-refractivity contribution in [3.63, 3.8) is 0 Å². The highest BCUT2D eigenvalue weighted by Crippen LogP contribution is 2.24. The van der Waals surface area contributed by atoms with Gasteiger partial charge in [0.15, 0.2) is 0 Å². The van der Waals surface area contributed by atoms with Crippen LogP contribution in [0.1, 0.15) is 32.6 Å². The van der Waals surface area contributed by atoms with Crippen molar-refractivity contribution < 1.29 is 4.79 Å². The number of amides is 1. The molecule has 15 heavy (non-hydrogen) atoms. The molecule has 1 saturated carbocycles. The van der Waals surface area contributed by atoms with E-state index in [0.29, 0.717) is 6.04 Å². The summed E-state index contributed by atoms with van der Waals surface area (Å²) in [6.07, 6.45) is 5.96. The fourth-order valence-corrected chi connectivity index (χ4v) is 2.57. The number of rotatable bonds is 5. The van der Waals surface area contributed by atoms with Gasteiger partial charge in [0.05, 0.1) is 0 Å². The highest BCUT2D eigenvalue weighted by molar-refractivity contribution is 7.98. The van der Waals surface area contributed by atoms with E-state index in [9.17, 15) is 4.79 Å². The quantitative estimate of drug-likeness (QED) is 0.750. The van der Waals surface area contributed by atoms with Gasteiger partial charge in [0.25, 0.3) is 0 Å². The Hall–Kier alpha value is -0.220. The Morgan fingerprint density at radius 1 is 1.60 bits per heavy atom. The first-order valence-electron chi connectivity index (χ1n) is 5.68. The zero-order chi connectivity index (χ0) is 11.3. The minimum absolute atomic E-state index is 0.164. The molecule has 1 fully saturated rings. The number of nitrogens with two attached hydrogens (primary N) is 1. The predicted octanol–water partition coefficient (Wildman–Crippen LogP) is 1.37. The van der Waals surface area contributed by atoms with Crippen LogP contribution in [0.25, 0.3) is 0 Å². The topological polar surface area (TPSA) is 55.1 Å². The fourth-order valence-electron chi connectivity index (χ4n) is 1.98. The Bertz CT molecular complexity index is 211. The van der Waals surface area contributed by atoms with Crippen LogP contribution >= 0.6 is 11.8 Å². The van der Waals surface area contributed by atoms with Crippen LogP contribution in [0.15, 0.2) is 0 Å². The lowest BCUT2D eigenvalue weighted by atomic mass is 10.1. The molecule has 1 aliphatic rings. The van der Waals surface area contributed by atoms with Gasteiger partial charge in [0.2, 0.25) is 5.91 Å². The van der Waals surface area contributed by atoms with Gasteiger partial charge in [-0.15, -0.1) is 0 Å². The first-order chi connectivity index (χ1) is 7.13. The summed E-state index contributed by atoms with van der Waals surface area (Å²) in [5.74, 6) is 1.47. The third kappa shape index (κ3) is 4.43. The van der Waals surface area contributed by atoms with Crippen molar-refractivity contribution in [1.82, 2.24) is 5.32 Å². The van der Waals surface area contributed by atoms with Crippen LogP contribution in [-0.2, 0) is 4.79 Å². The standard InChI is InChI=1S/C11H22N2OS/c1-8(5-6-15-2)13-11(14)9-3-4-10(12)7-9/h8-10H,3-7,12H2,1-2H3,(H,13,14). The number of nitrogens with one attached hydrogen (secondary N) is 1. The molecule has 0 radical (unpaired) electrons. The smallest absolute Gasteiger partial charge is 0.223 e. The Labute approximate surface area is 96.6 Å². The molecular formula is C11H22N2OS. The molecule has 1 aliphatic carbocycles. The van der Waals surface area contributed by atoms with E-state index in [2.05, 4.69) is 18.5 Å². The van der Waals surface area contributed by atoms with Crippen molar-refractivity contribution in [2.24, 2.45) is 11.7 Å². The molecule has 3 atom stereocenters. The zero-order valence-electron chi connectivity index (χ0n) is 9.66. The summed E-state index contributed by atoms with van der Waals surface area (Å²) in [5, 5.41) is 3.07. The van der Waals surface area contributed by atoms with Gasteiger partial charge in [0.1, 0.15) is 0 Å². The lowest BCUT2D eigenvalue weighted by Crippen LogP contribution is -2.37. The van der Waals surface area contributed by atoms with Crippen molar-refractivity contribution in [1.29, 1.82) is 0 Å². The molecule has 1 amide bonds. The molecule has 3 unspecified atom stereocenters. The second-order valence-corrected chi connectivity index (χ2v) is 5.45. The van der Waals surface area contributed by atoms with Gasteiger partial charge in [-0.2, -0.15) is 11.8 Å². The molecule has 0 spiro atoms. The summed E-state index contributed by atoms with van der Waals surface area (Å²) in [6, 6.07) is 0.532. The maximum Gasteiger partial charge on any atom is 0.223 e. The second-order valence-electron chi connectivity index (χ2n) is 4.46. The van der Waals surface area contributed by atoms with E-state index < -0.39 is 0 Å². The van der Waals surface area contributed by atoms with Crippen LogP contribution in [0.5, 0.6) is 0 Å². The molecule has 0 bridgehead atoms. The molecule has 3 N–H and O–H groups in total. The van der Waals surface area contributed by atoms with Gasteiger partial charge in [-0.05, 0) is 44.6 Å². The second kappa shape index (κ2) is 6.38. The molecule has 0 aromatic rings. The third-order valence-corrected chi connectivity index (χ3v) is 3.63. The van der Waals surface area contributed by atoms with E-state index >= 15 is 0 Å². The number of carbonyl (C=O) groups is 1. The maximum absolute atomic E-state index is 11.8. The fraction of sp³-hybridized carbons (Fsp3) is 0.909. The Kier molecular flexibility index (Phi) is 5.47. The van der Waals surface area contributed by atoms with E-state index in [-0.39, 0.29) is 17.9 Å². The highest BCUT2D eigenvalue weighted by Gasteiger charge is 2.28. The average molecular weight is 230 g/mol. The molecule has 3 nitrogen and oxygen atoms in total. The molecule has 0 saturated heterocycles. The van der Waals surface area contributed by atoms with Crippen LogP contribution in [0, 0.1) is 5.92 Å². The van der Waals surface area contributed by atoms with Crippen molar-refractivity contribution in [2.75, 3.05) is 12.0 Å². The minimum atomic E-state index is 0.164. The van der Waals surface area contributed by atoms with Crippen LogP contribution in [-0.4, -0.2) is 30.0 Å². The number of hydrogen-bond acceptors (Lipinski definition) is 3. The first-order valence-corrected chi connectivity index (χ1v) is 7.07. The Balaban J connectivity index is 2.23. The van der Waals surface area contributed by atoms with E-state index in [0.717, 1.165) is 31.4 Å². The average Bonchev–Trinajstić information content (AvgIpc) is 2.61. The monoisotopic (exact) mass is 230 g/mol. The molecule has 1 rings (SSSR count). The summed E-state index contributed by atoms with van der Waals surface area (Å²) < 4.78 is 0. The van der Waals surface area contributed by atoms with Crippen molar-refractivity contribution in [2.45, 2.75) is 44.7 Å². The van der Waals surface area contributed by atoms with Crippen LogP contribution < -0.4 is 11.1 Å². The summed E-state index contributed by atoms with van der Waals surface area (Å²) in [7, 11) is 0. The van der Waals surface area contributed by atoms with Gasteiger partial charge in [-0.3, -0.25) is 4.79 Å². The molecular weight excluding hydrogens is 208 g/mol. The minimum Gasteiger partial charge on any atom is -0.353 e. The van der Waals surface area contributed by atoms with Gasteiger partial charge in [-0.25, -0.2) is 0 Å². The van der Waals surface area contributed by atoms with E-state index in [4.69, 9.17) is 5.73 Å². The highest BCUT2D eigenvalue weighted by atomic mass is 32.2. The first kappa shape index (κ1) is 12.8. The van der Waals surface area contributed by atoms with Crippen LogP contribution in [0.3, 0.4) is 0 Å². The number of hydrogen-bond donors (Lipinski definition) is 2. The predicted molar refractivity (Wildman–Crippen MR) is 65.9 cm³/mol. The van der Waals surface area contributed by atoms with E-state index in [1.54, 1.807) is 0 Å². The lowest BCUT2D eigenvalue weighted by Gasteiger charge is -2.16. The summed E-state index contributed by atoms with van der Waals surface area (Å²) >= 11 is 1.82. The van der Waals surface area contributed by atoms with Gasteiger partial charge in [0, 0.05) is 18.0 Å². The molecule has 0 aromatic carbocycles. The SMILES string of the molecule is CSCCC(C)NC(=O)C1CCC(N)C1. The third-order valence-electron chi connectivity index (χ3n) is 2.99. The molecule has 4 heteroatoms.